The summed E-state index contributed by atoms with van der Waals surface area (Å²) in [6.07, 6.45) is 2.31. The van der Waals surface area contributed by atoms with Gasteiger partial charge in [0.05, 0.1) is 0 Å². The van der Waals surface area contributed by atoms with Gasteiger partial charge < -0.3 is 10.2 Å². The Kier molecular flexibility index (Phi) is 1.51. The molecule has 2 atom stereocenters. The Balaban J connectivity index is 1.95. The quantitative estimate of drug-likeness (QED) is 0.595. The van der Waals surface area contributed by atoms with Gasteiger partial charge in [-0.25, -0.2) is 4.79 Å². The van der Waals surface area contributed by atoms with Crippen molar-refractivity contribution in [2.24, 2.45) is 5.92 Å². The molecule has 0 aromatic carbocycles. The van der Waals surface area contributed by atoms with E-state index in [-0.39, 0.29) is 6.03 Å². The second-order valence-corrected chi connectivity index (χ2v) is 3.56. The van der Waals surface area contributed by atoms with E-state index >= 15 is 0 Å². The molecule has 0 aromatic rings. The van der Waals surface area contributed by atoms with Crippen LogP contribution in [0, 0.1) is 5.92 Å². The van der Waals surface area contributed by atoms with Gasteiger partial charge >= 0.3 is 6.03 Å². The minimum atomic E-state index is 0.144. The van der Waals surface area contributed by atoms with Crippen molar-refractivity contribution in [3.63, 3.8) is 0 Å². The van der Waals surface area contributed by atoms with Crippen LogP contribution in [-0.4, -0.2) is 30.1 Å². The van der Waals surface area contributed by atoms with Gasteiger partial charge in [-0.15, -0.1) is 0 Å². The molecule has 1 aliphatic carbocycles. The number of carbonyl (C=O) groups excluding carboxylic acids is 1. The molecular weight excluding hydrogens is 140 g/mol. The molecule has 1 N–H and O–H groups in total. The van der Waals surface area contributed by atoms with E-state index in [0.29, 0.717) is 6.04 Å². The molecule has 0 bridgehead atoms. The van der Waals surface area contributed by atoms with Crippen LogP contribution in [0.3, 0.4) is 0 Å². The lowest BCUT2D eigenvalue weighted by atomic mass is 10.3. The molecule has 3 nitrogen and oxygen atoms in total. The van der Waals surface area contributed by atoms with Crippen LogP contribution >= 0.6 is 0 Å². The number of carbonyl (C=O) groups is 1. The lowest BCUT2D eigenvalue weighted by Gasteiger charge is -2.27. The van der Waals surface area contributed by atoms with Crippen LogP contribution < -0.4 is 5.32 Å². The van der Waals surface area contributed by atoms with Gasteiger partial charge in [0.2, 0.25) is 0 Å². The van der Waals surface area contributed by atoms with Crippen LogP contribution in [0.15, 0.2) is 0 Å². The Labute approximate surface area is 66.8 Å². The van der Waals surface area contributed by atoms with Crippen molar-refractivity contribution in [1.29, 1.82) is 0 Å². The van der Waals surface area contributed by atoms with Crippen molar-refractivity contribution in [2.45, 2.75) is 25.8 Å². The van der Waals surface area contributed by atoms with E-state index in [1.165, 1.54) is 6.42 Å². The standard InChI is InChI=1S/C8H14N2O/c1-6-5-7(6)10-4-2-3-9-8(10)11/h6-7H,2-5H2,1H3,(H,9,11). The molecule has 2 fully saturated rings. The first-order valence-electron chi connectivity index (χ1n) is 4.33. The molecule has 11 heavy (non-hydrogen) atoms. The van der Waals surface area contributed by atoms with Crippen molar-refractivity contribution in [1.82, 2.24) is 10.2 Å². The monoisotopic (exact) mass is 154 g/mol. The molecule has 2 rings (SSSR count). The molecule has 1 aliphatic heterocycles. The van der Waals surface area contributed by atoms with Gasteiger partial charge in [-0.05, 0) is 18.8 Å². The van der Waals surface area contributed by atoms with Crippen molar-refractivity contribution in [2.75, 3.05) is 13.1 Å². The van der Waals surface area contributed by atoms with Crippen LogP contribution in [0.5, 0.6) is 0 Å². The normalized spacial score (nSPS) is 36.8. The van der Waals surface area contributed by atoms with Crippen LogP contribution in [0.2, 0.25) is 0 Å². The third-order valence-corrected chi connectivity index (χ3v) is 2.58. The predicted octanol–water partition coefficient (Wildman–Crippen LogP) is 0.810. The van der Waals surface area contributed by atoms with E-state index < -0.39 is 0 Å². The zero-order chi connectivity index (χ0) is 7.84. The fourth-order valence-electron chi connectivity index (χ4n) is 1.70. The Morgan fingerprint density at radius 1 is 1.64 bits per heavy atom. The first kappa shape index (κ1) is 6.95. The topological polar surface area (TPSA) is 32.3 Å². The first-order chi connectivity index (χ1) is 5.29. The lowest BCUT2D eigenvalue weighted by Crippen LogP contribution is -2.47. The maximum absolute atomic E-state index is 11.2. The highest BCUT2D eigenvalue weighted by atomic mass is 16.2. The molecule has 1 saturated carbocycles. The summed E-state index contributed by atoms with van der Waals surface area (Å²) in [5.41, 5.74) is 0. The highest BCUT2D eigenvalue weighted by molar-refractivity contribution is 5.75. The third-order valence-electron chi connectivity index (χ3n) is 2.58. The summed E-state index contributed by atoms with van der Waals surface area (Å²) >= 11 is 0. The molecule has 3 heteroatoms. The summed E-state index contributed by atoms with van der Waals surface area (Å²) in [7, 11) is 0. The molecule has 0 radical (unpaired) electrons. The molecule has 1 heterocycles. The van der Waals surface area contributed by atoms with Gasteiger partial charge in [-0.2, -0.15) is 0 Å². The summed E-state index contributed by atoms with van der Waals surface area (Å²) in [6, 6.07) is 0.695. The Morgan fingerprint density at radius 2 is 2.36 bits per heavy atom. The van der Waals surface area contributed by atoms with Crippen molar-refractivity contribution in [3.05, 3.63) is 0 Å². The van der Waals surface area contributed by atoms with E-state index in [2.05, 4.69) is 12.2 Å². The molecule has 0 spiro atoms. The van der Waals surface area contributed by atoms with Gasteiger partial charge in [0.25, 0.3) is 0 Å². The fourth-order valence-corrected chi connectivity index (χ4v) is 1.70. The molecule has 2 unspecified atom stereocenters. The zero-order valence-electron chi connectivity index (χ0n) is 6.84. The largest absolute Gasteiger partial charge is 0.338 e. The smallest absolute Gasteiger partial charge is 0.317 e. The van der Waals surface area contributed by atoms with Crippen LogP contribution in [0.25, 0.3) is 0 Å². The molecule has 1 saturated heterocycles. The van der Waals surface area contributed by atoms with Gasteiger partial charge in [0, 0.05) is 19.1 Å². The van der Waals surface area contributed by atoms with Gasteiger partial charge in [0.1, 0.15) is 0 Å². The van der Waals surface area contributed by atoms with Crippen molar-refractivity contribution in [3.8, 4) is 0 Å². The number of hydrogen-bond acceptors (Lipinski definition) is 1. The maximum atomic E-state index is 11.2. The van der Waals surface area contributed by atoms with E-state index in [0.717, 1.165) is 25.4 Å². The molecular formula is C8H14N2O. The third kappa shape index (κ3) is 1.19. The average Bonchev–Trinajstić information content (AvgIpc) is 2.68. The van der Waals surface area contributed by atoms with Gasteiger partial charge in [-0.1, -0.05) is 6.92 Å². The first-order valence-corrected chi connectivity index (χ1v) is 4.33. The minimum absolute atomic E-state index is 0.144. The Bertz CT molecular complexity index is 181. The lowest BCUT2D eigenvalue weighted by molar-refractivity contribution is 0.180. The number of hydrogen-bond donors (Lipinski definition) is 1. The Morgan fingerprint density at radius 3 is 2.91 bits per heavy atom. The fraction of sp³-hybridized carbons (Fsp3) is 0.875. The van der Waals surface area contributed by atoms with Gasteiger partial charge in [0.15, 0.2) is 0 Å². The zero-order valence-corrected chi connectivity index (χ0v) is 6.84. The highest BCUT2D eigenvalue weighted by Crippen LogP contribution is 2.35. The van der Waals surface area contributed by atoms with Crippen LogP contribution in [0.1, 0.15) is 19.8 Å². The molecule has 0 aromatic heterocycles. The molecule has 2 aliphatic rings. The number of amides is 2. The van der Waals surface area contributed by atoms with Crippen LogP contribution in [0.4, 0.5) is 4.79 Å². The van der Waals surface area contributed by atoms with Crippen LogP contribution in [-0.2, 0) is 0 Å². The number of nitrogens with zero attached hydrogens (tertiary/aromatic N) is 1. The molecule has 2 amide bonds. The maximum Gasteiger partial charge on any atom is 0.317 e. The van der Waals surface area contributed by atoms with Gasteiger partial charge in [-0.3, -0.25) is 0 Å². The summed E-state index contributed by atoms with van der Waals surface area (Å²) in [6.45, 7) is 4.02. The van der Waals surface area contributed by atoms with Crippen molar-refractivity contribution < 1.29 is 4.79 Å². The van der Waals surface area contributed by atoms with E-state index in [1.54, 1.807) is 0 Å². The predicted molar refractivity (Wildman–Crippen MR) is 42.3 cm³/mol. The van der Waals surface area contributed by atoms with E-state index in [1.807, 2.05) is 4.90 Å². The summed E-state index contributed by atoms with van der Waals surface area (Å²) in [4.78, 5) is 13.2. The summed E-state index contributed by atoms with van der Waals surface area (Å²) in [5.74, 6) is 0.735. The SMILES string of the molecule is CC1CC1N1CCCNC1=O. The van der Waals surface area contributed by atoms with Crippen molar-refractivity contribution >= 4 is 6.03 Å². The second kappa shape index (κ2) is 2.40. The summed E-state index contributed by atoms with van der Waals surface area (Å²) < 4.78 is 0. The van der Waals surface area contributed by atoms with E-state index in [4.69, 9.17) is 0 Å². The summed E-state index contributed by atoms with van der Waals surface area (Å²) in [5, 5.41) is 2.86. The second-order valence-electron chi connectivity index (χ2n) is 3.56. The molecule has 62 valence electrons. The highest BCUT2D eigenvalue weighted by Gasteiger charge is 2.40. The Hall–Kier alpha value is -0.730. The minimum Gasteiger partial charge on any atom is -0.338 e. The average molecular weight is 154 g/mol. The number of urea groups is 1. The number of rotatable bonds is 1. The van der Waals surface area contributed by atoms with E-state index in [9.17, 15) is 4.79 Å². The number of nitrogens with one attached hydrogen (secondary N) is 1.